The maximum atomic E-state index is 12.4. The van der Waals surface area contributed by atoms with Crippen LogP contribution in [0.15, 0.2) is 77.0 Å². The number of carbonyl (C=O) groups is 2. The van der Waals surface area contributed by atoms with E-state index in [1.807, 2.05) is 18.2 Å². The number of aliphatic hydroxyl groups excluding tert-OH is 1. The van der Waals surface area contributed by atoms with E-state index in [4.69, 9.17) is 42.1 Å². The van der Waals surface area contributed by atoms with Gasteiger partial charge in [-0.2, -0.15) is 5.10 Å². The largest absolute Gasteiger partial charge is 0.490 e. The highest BCUT2D eigenvalue weighted by molar-refractivity contribution is 6.31. The number of benzene rings is 3. The van der Waals surface area contributed by atoms with Crippen LogP contribution in [0.4, 0.5) is 4.79 Å². The summed E-state index contributed by atoms with van der Waals surface area (Å²) in [5, 5.41) is 21.0. The first-order valence-electron chi connectivity index (χ1n) is 13.6. The highest BCUT2D eigenvalue weighted by Gasteiger charge is 2.32. The normalized spacial score (nSPS) is 15.3. The van der Waals surface area contributed by atoms with Crippen molar-refractivity contribution in [1.82, 2.24) is 16.1 Å². The fourth-order valence-electron chi connectivity index (χ4n) is 4.34. The molecule has 3 aromatic rings. The zero-order valence-electron chi connectivity index (χ0n) is 24.2. The minimum absolute atomic E-state index is 0.182. The van der Waals surface area contributed by atoms with Crippen molar-refractivity contribution in [2.45, 2.75) is 32.7 Å². The molecule has 2 amide bonds. The van der Waals surface area contributed by atoms with Gasteiger partial charge in [-0.3, -0.25) is 5.43 Å². The third-order valence-corrected chi connectivity index (χ3v) is 7.02. The van der Waals surface area contributed by atoms with Crippen LogP contribution in [0.25, 0.3) is 0 Å². The van der Waals surface area contributed by atoms with Gasteiger partial charge in [0.25, 0.3) is 0 Å². The number of hydrazone groups is 1. The lowest BCUT2D eigenvalue weighted by Crippen LogP contribution is -2.45. The quantitative estimate of drug-likeness (QED) is 0.0875. The molecule has 3 aromatic carbocycles. The van der Waals surface area contributed by atoms with Crippen molar-refractivity contribution in [3.05, 3.63) is 98.7 Å². The van der Waals surface area contributed by atoms with Crippen LogP contribution in [-0.4, -0.2) is 49.9 Å². The van der Waals surface area contributed by atoms with E-state index >= 15 is 0 Å². The number of carbonyl (C=O) groups excluding carboxylic acids is 2. The van der Waals surface area contributed by atoms with Crippen LogP contribution in [0.1, 0.15) is 36.6 Å². The van der Waals surface area contributed by atoms with Gasteiger partial charge in [0, 0.05) is 26.9 Å². The molecule has 44 heavy (non-hydrogen) atoms. The van der Waals surface area contributed by atoms with Crippen LogP contribution in [0.3, 0.4) is 0 Å². The van der Waals surface area contributed by atoms with Crippen molar-refractivity contribution in [1.29, 1.82) is 0 Å². The molecule has 0 radical (unpaired) electrons. The zero-order chi connectivity index (χ0) is 31.6. The number of esters is 1. The molecule has 0 saturated carbocycles. The topological polar surface area (TPSA) is 140 Å². The monoisotopic (exact) mass is 642 g/mol. The van der Waals surface area contributed by atoms with Gasteiger partial charge in [-0.15, -0.1) is 0 Å². The van der Waals surface area contributed by atoms with Crippen LogP contribution in [0.2, 0.25) is 10.0 Å². The van der Waals surface area contributed by atoms with Crippen molar-refractivity contribution in [2.24, 2.45) is 5.10 Å². The number of hydrogen-bond donors (Lipinski definition) is 4. The number of ether oxygens (including phenoxy) is 4. The average molecular weight is 644 g/mol. The molecule has 0 bridgehead atoms. The molecule has 11 nitrogen and oxygen atoms in total. The summed E-state index contributed by atoms with van der Waals surface area (Å²) in [6, 6.07) is 16.2. The molecule has 1 aliphatic rings. The number of methoxy groups -OCH3 is 1. The molecule has 0 aromatic heterocycles. The van der Waals surface area contributed by atoms with Crippen molar-refractivity contribution in [3.8, 4) is 17.2 Å². The minimum atomic E-state index is -1.19. The Morgan fingerprint density at radius 3 is 2.59 bits per heavy atom. The Bertz CT molecular complexity index is 1560. The second kappa shape index (κ2) is 15.3. The first-order valence-corrected chi connectivity index (χ1v) is 14.3. The number of urea groups is 1. The van der Waals surface area contributed by atoms with Crippen molar-refractivity contribution in [2.75, 3.05) is 20.3 Å². The average Bonchev–Trinajstić information content (AvgIpc) is 3.00. The molecular weight excluding hydrogens is 611 g/mol. The van der Waals surface area contributed by atoms with Gasteiger partial charge in [-0.1, -0.05) is 47.5 Å². The predicted molar refractivity (Wildman–Crippen MR) is 166 cm³/mol. The van der Waals surface area contributed by atoms with E-state index in [0.29, 0.717) is 50.7 Å². The lowest BCUT2D eigenvalue weighted by atomic mass is 9.95. The van der Waals surface area contributed by atoms with Crippen molar-refractivity contribution < 1.29 is 33.6 Å². The van der Waals surface area contributed by atoms with Gasteiger partial charge in [0.15, 0.2) is 17.7 Å². The lowest BCUT2D eigenvalue weighted by Gasteiger charge is -2.28. The molecule has 0 aliphatic carbocycles. The molecule has 4 N–H and O–H groups in total. The number of hydrogen-bond acceptors (Lipinski definition) is 9. The van der Waals surface area contributed by atoms with Gasteiger partial charge < -0.3 is 34.7 Å². The van der Waals surface area contributed by atoms with E-state index in [-0.39, 0.29) is 18.8 Å². The second-order valence-corrected chi connectivity index (χ2v) is 10.3. The summed E-state index contributed by atoms with van der Waals surface area (Å²) in [7, 11) is 1.27. The van der Waals surface area contributed by atoms with E-state index in [9.17, 15) is 14.7 Å². The first-order chi connectivity index (χ1) is 21.2. The molecule has 4 rings (SSSR count). The molecular formula is C31H32Cl2N4O7. The first kappa shape index (κ1) is 32.5. The smallest absolute Gasteiger partial charge is 0.337 e. The highest BCUT2D eigenvalue weighted by Crippen LogP contribution is 2.35. The van der Waals surface area contributed by atoms with Crippen LogP contribution in [0.5, 0.6) is 17.2 Å². The third kappa shape index (κ3) is 8.34. The van der Waals surface area contributed by atoms with Crippen molar-refractivity contribution in [3.63, 3.8) is 0 Å². The van der Waals surface area contributed by atoms with Gasteiger partial charge in [0.05, 0.1) is 31.5 Å². The van der Waals surface area contributed by atoms with Crippen LogP contribution >= 0.6 is 23.2 Å². The predicted octanol–water partition coefficient (Wildman–Crippen LogP) is 5.09. The van der Waals surface area contributed by atoms with E-state index < -0.39 is 24.3 Å². The number of nitrogens with zero attached hydrogens (tertiary/aromatic N) is 1. The standard InChI is InChI=1S/C31H32Cl2N4O7/c1-4-42-26-14-19(29-28(30(39)41-3)18(2)35-31(40)36-29)9-11-25(26)44-17-27(38)37-34-15-21-13-22(32)10-12-24(21)43-16-20-7-5-6-8-23(20)33/h5-15,27,29,37-38H,4,16-17H2,1-3H3,(H2,35,36,40)/b34-15+/t27-,29+/m1/s1. The third-order valence-electron chi connectivity index (χ3n) is 6.41. The van der Waals surface area contributed by atoms with Crippen LogP contribution < -0.4 is 30.3 Å². The Balaban J connectivity index is 1.41. The molecule has 0 unspecified atom stereocenters. The fraction of sp³-hybridized carbons (Fsp3) is 0.258. The lowest BCUT2D eigenvalue weighted by molar-refractivity contribution is -0.136. The number of allylic oxidation sites excluding steroid dienone is 1. The summed E-state index contributed by atoms with van der Waals surface area (Å²) in [4.78, 5) is 24.6. The molecule has 232 valence electrons. The van der Waals surface area contributed by atoms with E-state index in [0.717, 1.165) is 5.56 Å². The molecule has 1 heterocycles. The number of rotatable bonds is 13. The molecule has 0 saturated heterocycles. The highest BCUT2D eigenvalue weighted by atomic mass is 35.5. The minimum Gasteiger partial charge on any atom is -0.490 e. The number of nitrogens with one attached hydrogen (secondary N) is 3. The number of amides is 2. The molecule has 2 atom stereocenters. The Hall–Kier alpha value is -4.45. The molecule has 0 spiro atoms. The Labute approximate surface area is 264 Å². The molecule has 13 heteroatoms. The number of aliphatic hydroxyl groups is 1. The van der Waals surface area contributed by atoms with E-state index in [1.54, 1.807) is 56.3 Å². The number of halogens is 2. The van der Waals surface area contributed by atoms with Gasteiger partial charge in [-0.25, -0.2) is 9.59 Å². The van der Waals surface area contributed by atoms with Gasteiger partial charge in [0.2, 0.25) is 0 Å². The van der Waals surface area contributed by atoms with Crippen LogP contribution in [0, 0.1) is 0 Å². The van der Waals surface area contributed by atoms with E-state index in [1.165, 1.54) is 13.3 Å². The Morgan fingerprint density at radius 2 is 1.84 bits per heavy atom. The molecule has 1 aliphatic heterocycles. The fourth-order valence-corrected chi connectivity index (χ4v) is 4.71. The Morgan fingerprint density at radius 1 is 1.07 bits per heavy atom. The molecule has 0 fully saturated rings. The van der Waals surface area contributed by atoms with E-state index in [2.05, 4.69) is 21.2 Å². The van der Waals surface area contributed by atoms with Crippen molar-refractivity contribution >= 4 is 41.4 Å². The summed E-state index contributed by atoms with van der Waals surface area (Å²) < 4.78 is 22.4. The SMILES string of the molecule is CCOc1cc([C@@H]2NC(=O)NC(C)=C2C(=O)OC)ccc1OC[C@@H](O)N/N=C/c1cc(Cl)ccc1OCc1ccccc1Cl. The Kier molecular flexibility index (Phi) is 11.3. The summed E-state index contributed by atoms with van der Waals surface area (Å²) >= 11 is 12.4. The van der Waals surface area contributed by atoms with Gasteiger partial charge >= 0.3 is 12.0 Å². The summed E-state index contributed by atoms with van der Waals surface area (Å²) in [6.45, 7) is 3.81. The maximum absolute atomic E-state index is 12.4. The summed E-state index contributed by atoms with van der Waals surface area (Å²) in [5.74, 6) is 0.642. The summed E-state index contributed by atoms with van der Waals surface area (Å²) in [6.07, 6.45) is 0.284. The summed E-state index contributed by atoms with van der Waals surface area (Å²) in [5.41, 5.74) is 5.24. The van der Waals surface area contributed by atoms with Gasteiger partial charge in [-0.05, 0) is 55.8 Å². The van der Waals surface area contributed by atoms with Gasteiger partial charge in [0.1, 0.15) is 19.0 Å². The second-order valence-electron chi connectivity index (χ2n) is 9.48. The van der Waals surface area contributed by atoms with Crippen LogP contribution in [-0.2, 0) is 16.1 Å². The maximum Gasteiger partial charge on any atom is 0.337 e. The zero-order valence-corrected chi connectivity index (χ0v) is 25.7.